The molecule has 2 aliphatic carbocycles. The van der Waals surface area contributed by atoms with Crippen LogP contribution in [0.25, 0.3) is 22.3 Å². The average molecular weight is 472 g/mol. The molecule has 0 amide bonds. The van der Waals surface area contributed by atoms with Gasteiger partial charge < -0.3 is 5.32 Å². The zero-order valence-electron chi connectivity index (χ0n) is 20.7. The van der Waals surface area contributed by atoms with Crippen molar-refractivity contribution in [1.82, 2.24) is 0 Å². The Morgan fingerprint density at radius 3 is 2.11 bits per heavy atom. The maximum absolute atomic E-state index is 3.75. The lowest BCUT2D eigenvalue weighted by molar-refractivity contribution is 0.420. The fraction of sp³-hybridized carbons (Fsp3) is 0.273. The molecule has 35 heavy (non-hydrogen) atoms. The van der Waals surface area contributed by atoms with E-state index in [1.807, 2.05) is 0 Å². The third kappa shape index (κ3) is 3.42. The van der Waals surface area contributed by atoms with E-state index in [-0.39, 0.29) is 0 Å². The predicted molar refractivity (Wildman–Crippen MR) is 152 cm³/mol. The number of hydrogen-bond acceptors (Lipinski definition) is 1. The Labute approximate surface area is 210 Å². The van der Waals surface area contributed by atoms with E-state index < -0.39 is 8.07 Å². The summed E-state index contributed by atoms with van der Waals surface area (Å²) in [5.74, 6) is 2.74. The third-order valence-electron chi connectivity index (χ3n) is 9.18. The molecule has 2 bridgehead atoms. The molecule has 0 saturated heterocycles. The number of hydrogen-bond donors (Lipinski definition) is 1. The minimum absolute atomic E-state index is 0.806. The molecule has 2 heteroatoms. The van der Waals surface area contributed by atoms with Gasteiger partial charge in [0.05, 0.1) is 0 Å². The summed E-state index contributed by atoms with van der Waals surface area (Å²) in [6.45, 7) is 4.94. The largest absolute Gasteiger partial charge is 0.355 e. The Hall–Kier alpha value is -3.10. The highest BCUT2D eigenvalue weighted by Crippen LogP contribution is 2.52. The molecule has 0 aromatic heterocycles. The number of benzene rings is 4. The van der Waals surface area contributed by atoms with Crippen molar-refractivity contribution in [2.75, 3.05) is 5.32 Å². The van der Waals surface area contributed by atoms with E-state index in [0.29, 0.717) is 0 Å². The number of anilines is 2. The quantitative estimate of drug-likeness (QED) is 0.299. The van der Waals surface area contributed by atoms with Crippen molar-refractivity contribution < 1.29 is 0 Å². The van der Waals surface area contributed by atoms with Crippen molar-refractivity contribution in [3.05, 3.63) is 96.6 Å². The van der Waals surface area contributed by atoms with Crippen LogP contribution in [-0.4, -0.2) is 8.07 Å². The van der Waals surface area contributed by atoms with Gasteiger partial charge in [0.1, 0.15) is 8.07 Å². The second-order valence-corrected chi connectivity index (χ2v) is 15.8. The van der Waals surface area contributed by atoms with E-state index in [0.717, 1.165) is 23.4 Å². The van der Waals surface area contributed by atoms with Crippen LogP contribution in [0.15, 0.2) is 91.0 Å². The molecule has 3 atom stereocenters. The minimum Gasteiger partial charge on any atom is -0.355 e. The zero-order valence-corrected chi connectivity index (χ0v) is 21.7. The summed E-state index contributed by atoms with van der Waals surface area (Å²) < 4.78 is 0. The molecule has 2 saturated carbocycles. The highest BCUT2D eigenvalue weighted by Gasteiger charge is 2.40. The molecule has 2 fully saturated rings. The number of nitrogens with one attached hydrogen (secondary N) is 1. The van der Waals surface area contributed by atoms with Gasteiger partial charge in [-0.25, -0.2) is 0 Å². The molecule has 0 spiro atoms. The maximum atomic E-state index is 3.75. The van der Waals surface area contributed by atoms with Crippen LogP contribution in [0.3, 0.4) is 0 Å². The van der Waals surface area contributed by atoms with Crippen LogP contribution in [0.5, 0.6) is 0 Å². The Morgan fingerprint density at radius 1 is 0.686 bits per heavy atom. The Kier molecular flexibility index (Phi) is 4.82. The SMILES string of the molecule is C[Si]1(C)c2ccccc2-c2c(Nc3ccc(-c4ccc(C5CC6CCC5C6)cc4)cc3)cccc21. The fourth-order valence-corrected chi connectivity index (χ4v) is 10.4. The van der Waals surface area contributed by atoms with Gasteiger partial charge in [0.15, 0.2) is 0 Å². The Morgan fingerprint density at radius 2 is 1.40 bits per heavy atom. The fourth-order valence-electron chi connectivity index (χ4n) is 7.34. The van der Waals surface area contributed by atoms with Crippen molar-refractivity contribution in [3.8, 4) is 22.3 Å². The van der Waals surface area contributed by atoms with Crippen molar-refractivity contribution in [1.29, 1.82) is 0 Å². The van der Waals surface area contributed by atoms with Gasteiger partial charge in [-0.1, -0.05) is 92.3 Å². The normalized spacial score (nSPS) is 23.2. The first-order chi connectivity index (χ1) is 17.1. The van der Waals surface area contributed by atoms with E-state index in [1.165, 1.54) is 58.8 Å². The van der Waals surface area contributed by atoms with E-state index in [4.69, 9.17) is 0 Å². The first-order valence-electron chi connectivity index (χ1n) is 13.3. The van der Waals surface area contributed by atoms with Crippen molar-refractivity contribution in [2.24, 2.45) is 11.8 Å². The Balaban J connectivity index is 1.14. The molecule has 1 N–H and O–H groups in total. The molecule has 1 aliphatic heterocycles. The van der Waals surface area contributed by atoms with Gasteiger partial charge in [-0.15, -0.1) is 0 Å². The summed E-state index contributed by atoms with van der Waals surface area (Å²) in [5.41, 5.74) is 9.33. The van der Waals surface area contributed by atoms with Crippen LogP contribution in [-0.2, 0) is 0 Å². The Bertz CT molecular complexity index is 1400. The van der Waals surface area contributed by atoms with Gasteiger partial charge in [0, 0.05) is 16.9 Å². The lowest BCUT2D eigenvalue weighted by Gasteiger charge is -2.22. The highest BCUT2D eigenvalue weighted by atomic mass is 28.3. The summed E-state index contributed by atoms with van der Waals surface area (Å²) in [6.07, 6.45) is 5.80. The molecular weight excluding hydrogens is 438 g/mol. The molecule has 0 radical (unpaired) electrons. The molecule has 174 valence electrons. The lowest BCUT2D eigenvalue weighted by atomic mass is 9.83. The molecular formula is C33H33NSi. The maximum Gasteiger partial charge on any atom is 0.113 e. The van der Waals surface area contributed by atoms with E-state index in [1.54, 1.807) is 10.8 Å². The first-order valence-corrected chi connectivity index (χ1v) is 16.3. The van der Waals surface area contributed by atoms with Gasteiger partial charge >= 0.3 is 0 Å². The molecule has 4 aromatic carbocycles. The highest BCUT2D eigenvalue weighted by molar-refractivity contribution is 7.04. The van der Waals surface area contributed by atoms with Crippen LogP contribution in [0, 0.1) is 11.8 Å². The summed E-state index contributed by atoms with van der Waals surface area (Å²) >= 11 is 0. The molecule has 1 nitrogen and oxygen atoms in total. The smallest absolute Gasteiger partial charge is 0.113 e. The van der Waals surface area contributed by atoms with E-state index >= 15 is 0 Å². The van der Waals surface area contributed by atoms with Gasteiger partial charge in [-0.3, -0.25) is 0 Å². The van der Waals surface area contributed by atoms with Crippen LogP contribution in [0.2, 0.25) is 13.1 Å². The molecule has 4 aromatic rings. The average Bonchev–Trinajstić information content (AvgIpc) is 3.59. The van der Waals surface area contributed by atoms with Crippen molar-refractivity contribution >= 4 is 29.8 Å². The van der Waals surface area contributed by atoms with Gasteiger partial charge in [0.2, 0.25) is 0 Å². The third-order valence-corrected chi connectivity index (χ3v) is 12.7. The standard InChI is InChI=1S/C33H33NSi/c1-35(2)31-8-4-3-6-28(31)33-30(7-5-9-32(33)35)34-27-18-16-24(17-19-27)23-12-14-25(15-13-23)29-21-22-10-11-26(29)20-22/h3-9,12-19,22,26,29,34H,10-11,20-21H2,1-2H3. The van der Waals surface area contributed by atoms with Crippen molar-refractivity contribution in [3.63, 3.8) is 0 Å². The summed E-state index contributed by atoms with van der Waals surface area (Å²) in [4.78, 5) is 0. The van der Waals surface area contributed by atoms with Crippen LogP contribution >= 0.6 is 0 Å². The van der Waals surface area contributed by atoms with Gasteiger partial charge in [0.25, 0.3) is 0 Å². The van der Waals surface area contributed by atoms with Crippen LogP contribution in [0.1, 0.15) is 37.2 Å². The summed E-state index contributed by atoms with van der Waals surface area (Å²) in [6, 6.07) is 34.2. The van der Waals surface area contributed by atoms with Crippen LogP contribution in [0.4, 0.5) is 11.4 Å². The molecule has 1 heterocycles. The minimum atomic E-state index is -1.64. The second-order valence-electron chi connectivity index (χ2n) is 11.5. The lowest BCUT2D eigenvalue weighted by Crippen LogP contribution is -2.49. The molecule has 7 rings (SSSR count). The van der Waals surface area contributed by atoms with Crippen LogP contribution < -0.4 is 15.7 Å². The number of rotatable bonds is 4. The second kappa shape index (κ2) is 7.96. The topological polar surface area (TPSA) is 12.0 Å². The zero-order chi connectivity index (χ0) is 23.6. The van der Waals surface area contributed by atoms with E-state index in [9.17, 15) is 0 Å². The van der Waals surface area contributed by atoms with Gasteiger partial charge in [-0.2, -0.15) is 0 Å². The number of fused-ring (bicyclic) bond motifs is 5. The molecule has 3 aliphatic rings. The predicted octanol–water partition coefficient (Wildman–Crippen LogP) is 7.80. The molecule has 3 unspecified atom stereocenters. The summed E-state index contributed by atoms with van der Waals surface area (Å²) in [7, 11) is -1.64. The van der Waals surface area contributed by atoms with Crippen molar-refractivity contribution in [2.45, 2.75) is 44.7 Å². The summed E-state index contributed by atoms with van der Waals surface area (Å²) in [5, 5.41) is 6.83. The first kappa shape index (κ1) is 21.2. The monoisotopic (exact) mass is 471 g/mol. The van der Waals surface area contributed by atoms with E-state index in [2.05, 4.69) is 109 Å². The van der Waals surface area contributed by atoms with Gasteiger partial charge in [-0.05, 0) is 87.8 Å².